The smallest absolute Gasteiger partial charge is 0.256 e. The minimum Gasteiger partial charge on any atom is -0.398 e. The Bertz CT molecular complexity index is 650. The second-order valence-electron chi connectivity index (χ2n) is 5.38. The summed E-state index contributed by atoms with van der Waals surface area (Å²) in [6.45, 7) is 0.484. The van der Waals surface area contributed by atoms with E-state index in [4.69, 9.17) is 5.73 Å². The Labute approximate surface area is 123 Å². The molecule has 2 aromatic carbocycles. The molecule has 0 bridgehead atoms. The Morgan fingerprint density at radius 2 is 1.81 bits per heavy atom. The fourth-order valence-electron chi connectivity index (χ4n) is 2.39. The van der Waals surface area contributed by atoms with Gasteiger partial charge in [-0.15, -0.1) is 0 Å². The molecule has 0 heterocycles. The number of hydrogen-bond acceptors (Lipinski definition) is 2. The van der Waals surface area contributed by atoms with Crippen molar-refractivity contribution in [3.05, 3.63) is 65.5 Å². The highest BCUT2D eigenvalue weighted by Gasteiger charge is 2.33. The number of hydrogen-bond donors (Lipinski definition) is 1. The van der Waals surface area contributed by atoms with Crippen molar-refractivity contribution in [1.29, 1.82) is 0 Å². The number of halogens is 1. The van der Waals surface area contributed by atoms with Crippen LogP contribution in [0.5, 0.6) is 0 Å². The average molecular weight is 284 g/mol. The van der Waals surface area contributed by atoms with Crippen LogP contribution in [0.15, 0.2) is 48.5 Å². The van der Waals surface area contributed by atoms with E-state index in [1.807, 2.05) is 17.0 Å². The number of benzene rings is 2. The molecule has 1 aliphatic rings. The molecule has 2 aromatic rings. The molecule has 0 radical (unpaired) electrons. The molecule has 0 aliphatic heterocycles. The molecule has 4 heteroatoms. The third kappa shape index (κ3) is 3.05. The second-order valence-corrected chi connectivity index (χ2v) is 5.38. The number of anilines is 1. The van der Waals surface area contributed by atoms with Crippen LogP contribution in [-0.4, -0.2) is 16.8 Å². The van der Waals surface area contributed by atoms with Gasteiger partial charge in [0.2, 0.25) is 0 Å². The van der Waals surface area contributed by atoms with E-state index in [1.54, 1.807) is 24.3 Å². The van der Waals surface area contributed by atoms with Gasteiger partial charge in [-0.25, -0.2) is 4.39 Å². The summed E-state index contributed by atoms with van der Waals surface area (Å²) in [5.41, 5.74) is 7.84. The largest absolute Gasteiger partial charge is 0.398 e. The molecule has 2 N–H and O–H groups in total. The van der Waals surface area contributed by atoms with Crippen molar-refractivity contribution in [2.24, 2.45) is 0 Å². The minimum atomic E-state index is -0.268. The predicted molar refractivity (Wildman–Crippen MR) is 80.1 cm³/mol. The summed E-state index contributed by atoms with van der Waals surface area (Å²) >= 11 is 0. The lowest BCUT2D eigenvalue weighted by atomic mass is 10.1. The van der Waals surface area contributed by atoms with Crippen LogP contribution in [0.2, 0.25) is 0 Å². The minimum absolute atomic E-state index is 0.0556. The van der Waals surface area contributed by atoms with Crippen molar-refractivity contribution < 1.29 is 9.18 Å². The molecule has 0 aromatic heterocycles. The third-order valence-corrected chi connectivity index (χ3v) is 3.71. The first kappa shape index (κ1) is 13.6. The van der Waals surface area contributed by atoms with E-state index in [0.29, 0.717) is 17.8 Å². The number of nitrogen functional groups attached to an aromatic ring is 1. The standard InChI is InChI=1S/C17H17FN2O/c18-13-7-5-12(6-8-13)11-20(14-9-10-14)17(21)15-3-1-2-4-16(15)19/h1-8,14H,9-11,19H2. The highest BCUT2D eigenvalue weighted by molar-refractivity contribution is 5.99. The van der Waals surface area contributed by atoms with Crippen molar-refractivity contribution in [3.63, 3.8) is 0 Å². The molecule has 108 valence electrons. The van der Waals surface area contributed by atoms with Gasteiger partial charge in [-0.2, -0.15) is 0 Å². The molecule has 1 amide bonds. The molecule has 0 saturated heterocycles. The molecule has 3 nitrogen and oxygen atoms in total. The topological polar surface area (TPSA) is 46.3 Å². The van der Waals surface area contributed by atoms with E-state index in [-0.39, 0.29) is 17.8 Å². The number of carbonyl (C=O) groups is 1. The lowest BCUT2D eigenvalue weighted by Gasteiger charge is -2.23. The van der Waals surface area contributed by atoms with Crippen LogP contribution >= 0.6 is 0 Å². The maximum atomic E-state index is 13.0. The van der Waals surface area contributed by atoms with E-state index < -0.39 is 0 Å². The molecule has 0 spiro atoms. The van der Waals surface area contributed by atoms with Gasteiger partial charge in [0.15, 0.2) is 0 Å². The van der Waals surface area contributed by atoms with Crippen molar-refractivity contribution in [2.75, 3.05) is 5.73 Å². The first-order valence-electron chi connectivity index (χ1n) is 7.05. The monoisotopic (exact) mass is 284 g/mol. The number of nitrogens with zero attached hydrogens (tertiary/aromatic N) is 1. The number of amides is 1. The highest BCUT2D eigenvalue weighted by Crippen LogP contribution is 2.30. The molecule has 1 fully saturated rings. The summed E-state index contributed by atoms with van der Waals surface area (Å²) in [7, 11) is 0. The first-order chi connectivity index (χ1) is 10.1. The number of para-hydroxylation sites is 1. The number of carbonyl (C=O) groups excluding carboxylic acids is 1. The van der Waals surface area contributed by atoms with Crippen LogP contribution in [0.4, 0.5) is 10.1 Å². The maximum absolute atomic E-state index is 13.0. The fourth-order valence-corrected chi connectivity index (χ4v) is 2.39. The lowest BCUT2D eigenvalue weighted by molar-refractivity contribution is 0.0731. The van der Waals surface area contributed by atoms with E-state index in [9.17, 15) is 9.18 Å². The van der Waals surface area contributed by atoms with Crippen LogP contribution in [0.25, 0.3) is 0 Å². The fraction of sp³-hybridized carbons (Fsp3) is 0.235. The van der Waals surface area contributed by atoms with Gasteiger partial charge in [-0.1, -0.05) is 24.3 Å². The third-order valence-electron chi connectivity index (χ3n) is 3.71. The van der Waals surface area contributed by atoms with Gasteiger partial charge in [0.05, 0.1) is 5.56 Å². The molecule has 0 unspecified atom stereocenters. The van der Waals surface area contributed by atoms with Crippen molar-refractivity contribution in [2.45, 2.75) is 25.4 Å². The SMILES string of the molecule is Nc1ccccc1C(=O)N(Cc1ccc(F)cc1)C1CC1. The second kappa shape index (κ2) is 5.56. The van der Waals surface area contributed by atoms with Gasteiger partial charge in [0.25, 0.3) is 5.91 Å². The van der Waals surface area contributed by atoms with Gasteiger partial charge < -0.3 is 10.6 Å². The van der Waals surface area contributed by atoms with Crippen LogP contribution in [0.1, 0.15) is 28.8 Å². The molecular weight excluding hydrogens is 267 g/mol. The van der Waals surface area contributed by atoms with Crippen molar-refractivity contribution >= 4 is 11.6 Å². The lowest BCUT2D eigenvalue weighted by Crippen LogP contribution is -2.33. The summed E-state index contributed by atoms with van der Waals surface area (Å²) < 4.78 is 13.0. The zero-order valence-electron chi connectivity index (χ0n) is 11.6. The molecule has 1 saturated carbocycles. The number of rotatable bonds is 4. The van der Waals surface area contributed by atoms with Crippen LogP contribution in [0.3, 0.4) is 0 Å². The molecule has 0 atom stereocenters. The average Bonchev–Trinajstić information content (AvgIpc) is 3.31. The molecule has 21 heavy (non-hydrogen) atoms. The quantitative estimate of drug-likeness (QED) is 0.876. The Morgan fingerprint density at radius 3 is 2.43 bits per heavy atom. The summed E-state index contributed by atoms with van der Waals surface area (Å²) in [5, 5.41) is 0. The Hall–Kier alpha value is -2.36. The van der Waals surface area contributed by atoms with Crippen LogP contribution in [-0.2, 0) is 6.54 Å². The summed E-state index contributed by atoms with van der Waals surface area (Å²) in [4.78, 5) is 14.5. The van der Waals surface area contributed by atoms with Crippen molar-refractivity contribution in [3.8, 4) is 0 Å². The Balaban J connectivity index is 1.83. The maximum Gasteiger partial charge on any atom is 0.256 e. The van der Waals surface area contributed by atoms with Gasteiger partial charge in [0.1, 0.15) is 5.82 Å². The van der Waals surface area contributed by atoms with Crippen LogP contribution < -0.4 is 5.73 Å². The van der Waals surface area contributed by atoms with Gasteiger partial charge in [0, 0.05) is 18.3 Å². The summed E-state index contributed by atoms with van der Waals surface area (Å²) in [5.74, 6) is -0.324. The van der Waals surface area contributed by atoms with Gasteiger partial charge in [-0.3, -0.25) is 4.79 Å². The van der Waals surface area contributed by atoms with Crippen molar-refractivity contribution in [1.82, 2.24) is 4.90 Å². The molecule has 1 aliphatic carbocycles. The first-order valence-corrected chi connectivity index (χ1v) is 7.05. The Morgan fingerprint density at radius 1 is 1.14 bits per heavy atom. The van der Waals surface area contributed by atoms with E-state index in [0.717, 1.165) is 18.4 Å². The predicted octanol–water partition coefficient (Wildman–Crippen LogP) is 3.21. The van der Waals surface area contributed by atoms with Gasteiger partial charge >= 0.3 is 0 Å². The zero-order chi connectivity index (χ0) is 14.8. The number of nitrogens with two attached hydrogens (primary N) is 1. The summed E-state index contributed by atoms with van der Waals surface area (Å²) in [6, 6.07) is 13.6. The van der Waals surface area contributed by atoms with E-state index in [2.05, 4.69) is 0 Å². The van der Waals surface area contributed by atoms with E-state index >= 15 is 0 Å². The Kier molecular flexibility index (Phi) is 3.60. The molecule has 3 rings (SSSR count). The van der Waals surface area contributed by atoms with Gasteiger partial charge in [-0.05, 0) is 42.7 Å². The highest BCUT2D eigenvalue weighted by atomic mass is 19.1. The normalized spacial score (nSPS) is 14.0. The van der Waals surface area contributed by atoms with Crippen LogP contribution in [0, 0.1) is 5.82 Å². The summed E-state index contributed by atoms with van der Waals surface area (Å²) in [6.07, 6.45) is 2.03. The molecular formula is C17H17FN2O. The van der Waals surface area contributed by atoms with E-state index in [1.165, 1.54) is 12.1 Å². The zero-order valence-corrected chi connectivity index (χ0v) is 11.6.